The summed E-state index contributed by atoms with van der Waals surface area (Å²) >= 11 is 0. The quantitative estimate of drug-likeness (QED) is 0.864. The normalized spacial score (nSPS) is 18.7. The fourth-order valence-corrected chi connectivity index (χ4v) is 2.84. The van der Waals surface area contributed by atoms with Crippen molar-refractivity contribution < 1.29 is 4.74 Å². The molecule has 0 saturated carbocycles. The second-order valence-corrected chi connectivity index (χ2v) is 5.24. The Morgan fingerprint density at radius 2 is 2.00 bits per heavy atom. The van der Waals surface area contributed by atoms with Crippen molar-refractivity contribution in [3.8, 4) is 5.75 Å². The zero-order chi connectivity index (χ0) is 14.7. The molecule has 21 heavy (non-hydrogen) atoms. The number of benzene rings is 1. The van der Waals surface area contributed by atoms with Crippen LogP contribution in [0.4, 0.5) is 11.5 Å². The highest BCUT2D eigenvalue weighted by Crippen LogP contribution is 2.27. The lowest BCUT2D eigenvalue weighted by Gasteiger charge is -2.41. The maximum absolute atomic E-state index is 5.36. The van der Waals surface area contributed by atoms with Gasteiger partial charge in [0.15, 0.2) is 11.6 Å². The summed E-state index contributed by atoms with van der Waals surface area (Å²) in [6.07, 6.45) is 3.29. The lowest BCUT2D eigenvalue weighted by molar-refractivity contribution is 0.408. The third-order valence-electron chi connectivity index (χ3n) is 3.89. The number of piperazine rings is 1. The summed E-state index contributed by atoms with van der Waals surface area (Å²) in [6.45, 7) is 5.06. The Balaban J connectivity index is 1.77. The molecule has 0 radical (unpaired) electrons. The molecule has 1 aromatic carbocycles. The van der Waals surface area contributed by atoms with Crippen LogP contribution < -0.4 is 14.5 Å². The largest absolute Gasteiger partial charge is 0.491 e. The van der Waals surface area contributed by atoms with Gasteiger partial charge in [0.1, 0.15) is 6.33 Å². The summed E-state index contributed by atoms with van der Waals surface area (Å²) in [5.41, 5.74) is 1.28. The van der Waals surface area contributed by atoms with Gasteiger partial charge in [-0.2, -0.15) is 0 Å². The van der Waals surface area contributed by atoms with E-state index < -0.39 is 0 Å². The first-order valence-corrected chi connectivity index (χ1v) is 7.20. The molecule has 0 bridgehead atoms. The van der Waals surface area contributed by atoms with E-state index in [1.165, 1.54) is 5.69 Å². The molecular formula is C16H20N4O. The van der Waals surface area contributed by atoms with E-state index in [1.807, 2.05) is 0 Å². The Hall–Kier alpha value is -2.30. The van der Waals surface area contributed by atoms with Crippen LogP contribution in [0.1, 0.15) is 6.92 Å². The minimum Gasteiger partial charge on any atom is -0.491 e. The van der Waals surface area contributed by atoms with Crippen LogP contribution in [-0.2, 0) is 0 Å². The Labute approximate surface area is 125 Å². The van der Waals surface area contributed by atoms with Gasteiger partial charge in [0.25, 0.3) is 0 Å². The molecule has 1 fully saturated rings. The number of hydrogen-bond acceptors (Lipinski definition) is 5. The van der Waals surface area contributed by atoms with Gasteiger partial charge in [-0.05, 0) is 19.1 Å². The molecule has 110 valence electrons. The summed E-state index contributed by atoms with van der Waals surface area (Å²) in [5, 5.41) is 0. The van der Waals surface area contributed by atoms with Crippen LogP contribution in [0.15, 0.2) is 42.9 Å². The fraction of sp³-hybridized carbons (Fsp3) is 0.375. The number of nitrogens with zero attached hydrogens (tertiary/aromatic N) is 4. The molecule has 1 saturated heterocycles. The molecule has 3 rings (SSSR count). The smallest absolute Gasteiger partial charge is 0.179 e. The minimum atomic E-state index is 0.417. The predicted octanol–water partition coefficient (Wildman–Crippen LogP) is 2.20. The lowest BCUT2D eigenvalue weighted by Crippen LogP contribution is -2.52. The van der Waals surface area contributed by atoms with Crippen molar-refractivity contribution in [2.75, 3.05) is 36.5 Å². The molecule has 0 N–H and O–H groups in total. The maximum Gasteiger partial charge on any atom is 0.179 e. The van der Waals surface area contributed by atoms with E-state index in [0.717, 1.165) is 31.2 Å². The summed E-state index contributed by atoms with van der Waals surface area (Å²) < 4.78 is 5.36. The van der Waals surface area contributed by atoms with Gasteiger partial charge in [-0.25, -0.2) is 9.97 Å². The number of rotatable bonds is 3. The van der Waals surface area contributed by atoms with Gasteiger partial charge in [-0.3, -0.25) is 0 Å². The Morgan fingerprint density at radius 1 is 1.19 bits per heavy atom. The Bertz CT molecular complexity index is 590. The third kappa shape index (κ3) is 2.77. The van der Waals surface area contributed by atoms with Gasteiger partial charge >= 0.3 is 0 Å². The van der Waals surface area contributed by atoms with Crippen molar-refractivity contribution in [1.82, 2.24) is 9.97 Å². The van der Waals surface area contributed by atoms with Crippen LogP contribution in [0.3, 0.4) is 0 Å². The monoisotopic (exact) mass is 284 g/mol. The molecule has 1 atom stereocenters. The van der Waals surface area contributed by atoms with Crippen LogP contribution in [0.2, 0.25) is 0 Å². The molecule has 1 aromatic heterocycles. The Kier molecular flexibility index (Phi) is 3.90. The van der Waals surface area contributed by atoms with E-state index in [9.17, 15) is 0 Å². The van der Waals surface area contributed by atoms with Gasteiger partial charge in [-0.15, -0.1) is 0 Å². The van der Waals surface area contributed by atoms with E-state index in [0.29, 0.717) is 6.04 Å². The molecule has 5 heteroatoms. The first-order chi connectivity index (χ1) is 10.3. The van der Waals surface area contributed by atoms with Crippen molar-refractivity contribution in [3.63, 3.8) is 0 Å². The first kappa shape index (κ1) is 13.7. The molecule has 2 heterocycles. The number of aromatic nitrogens is 2. The number of hydrogen-bond donors (Lipinski definition) is 0. The van der Waals surface area contributed by atoms with Crippen molar-refractivity contribution in [2.24, 2.45) is 0 Å². The summed E-state index contributed by atoms with van der Waals surface area (Å²) in [7, 11) is 1.66. The molecule has 0 aliphatic carbocycles. The van der Waals surface area contributed by atoms with Gasteiger partial charge in [0.2, 0.25) is 0 Å². The minimum absolute atomic E-state index is 0.417. The highest BCUT2D eigenvalue weighted by molar-refractivity contribution is 5.54. The zero-order valence-electron chi connectivity index (χ0n) is 12.4. The zero-order valence-corrected chi connectivity index (χ0v) is 12.4. The molecule has 0 amide bonds. The molecular weight excluding hydrogens is 264 g/mol. The fourth-order valence-electron chi connectivity index (χ4n) is 2.84. The summed E-state index contributed by atoms with van der Waals surface area (Å²) in [6, 6.07) is 11.0. The predicted molar refractivity (Wildman–Crippen MR) is 84.0 cm³/mol. The van der Waals surface area contributed by atoms with Crippen LogP contribution in [0.25, 0.3) is 0 Å². The van der Waals surface area contributed by atoms with Gasteiger partial charge in [0, 0.05) is 31.4 Å². The number of para-hydroxylation sites is 1. The van der Waals surface area contributed by atoms with E-state index in [4.69, 9.17) is 4.74 Å². The standard InChI is InChI=1S/C16H20N4O/c1-13-11-19(16-15(21-2)10-17-12-18-16)8-9-20(13)14-6-4-3-5-7-14/h3-7,10,12-13H,8-9,11H2,1-2H3. The average molecular weight is 284 g/mol. The number of anilines is 2. The molecule has 5 nitrogen and oxygen atoms in total. The van der Waals surface area contributed by atoms with E-state index in [2.05, 4.69) is 57.0 Å². The van der Waals surface area contributed by atoms with Crippen LogP contribution in [0.5, 0.6) is 5.75 Å². The van der Waals surface area contributed by atoms with E-state index in [-0.39, 0.29) is 0 Å². The Morgan fingerprint density at radius 3 is 2.71 bits per heavy atom. The van der Waals surface area contributed by atoms with Gasteiger partial charge in [-0.1, -0.05) is 18.2 Å². The maximum atomic E-state index is 5.36. The van der Waals surface area contributed by atoms with Crippen molar-refractivity contribution in [2.45, 2.75) is 13.0 Å². The SMILES string of the molecule is COc1cncnc1N1CCN(c2ccccc2)C(C)C1. The second-order valence-electron chi connectivity index (χ2n) is 5.24. The van der Waals surface area contributed by atoms with Gasteiger partial charge < -0.3 is 14.5 Å². The second kappa shape index (κ2) is 5.99. The number of ether oxygens (including phenoxy) is 1. The van der Waals surface area contributed by atoms with Crippen molar-refractivity contribution >= 4 is 11.5 Å². The van der Waals surface area contributed by atoms with E-state index >= 15 is 0 Å². The van der Waals surface area contributed by atoms with Crippen molar-refractivity contribution in [3.05, 3.63) is 42.9 Å². The van der Waals surface area contributed by atoms with E-state index in [1.54, 1.807) is 19.6 Å². The lowest BCUT2D eigenvalue weighted by atomic mass is 10.1. The van der Waals surface area contributed by atoms with Crippen LogP contribution in [-0.4, -0.2) is 42.8 Å². The summed E-state index contributed by atoms with van der Waals surface area (Å²) in [5.74, 6) is 1.62. The number of methoxy groups -OCH3 is 1. The highest BCUT2D eigenvalue weighted by atomic mass is 16.5. The molecule has 1 aliphatic heterocycles. The summed E-state index contributed by atoms with van der Waals surface area (Å²) in [4.78, 5) is 13.1. The van der Waals surface area contributed by atoms with Crippen LogP contribution >= 0.6 is 0 Å². The van der Waals surface area contributed by atoms with Crippen molar-refractivity contribution in [1.29, 1.82) is 0 Å². The van der Waals surface area contributed by atoms with Gasteiger partial charge in [0.05, 0.1) is 13.3 Å². The molecule has 0 spiro atoms. The average Bonchev–Trinajstić information content (AvgIpc) is 2.55. The molecule has 1 unspecified atom stereocenters. The highest BCUT2D eigenvalue weighted by Gasteiger charge is 2.26. The first-order valence-electron chi connectivity index (χ1n) is 7.20. The topological polar surface area (TPSA) is 41.5 Å². The third-order valence-corrected chi connectivity index (χ3v) is 3.89. The molecule has 2 aromatic rings. The molecule has 1 aliphatic rings. The van der Waals surface area contributed by atoms with Crippen LogP contribution in [0, 0.1) is 0 Å².